The Bertz CT molecular complexity index is 626. The molecule has 4 nitrogen and oxygen atoms in total. The number of hydrogen-bond donors (Lipinski definition) is 0. The Morgan fingerprint density at radius 2 is 1.81 bits per heavy atom. The van der Waals surface area contributed by atoms with Gasteiger partial charge in [-0.2, -0.15) is 4.39 Å². The Morgan fingerprint density at radius 3 is 2.38 bits per heavy atom. The van der Waals surface area contributed by atoms with Crippen molar-refractivity contribution in [3.63, 3.8) is 0 Å². The second kappa shape index (κ2) is 6.83. The highest BCUT2D eigenvalue weighted by molar-refractivity contribution is 5.35. The van der Waals surface area contributed by atoms with E-state index < -0.39 is 16.4 Å². The molecule has 2 rings (SSSR count). The molecule has 0 spiro atoms. The van der Waals surface area contributed by atoms with E-state index in [0.717, 1.165) is 25.0 Å². The number of benzene rings is 2. The van der Waals surface area contributed by atoms with Crippen molar-refractivity contribution in [2.75, 3.05) is 0 Å². The van der Waals surface area contributed by atoms with E-state index in [4.69, 9.17) is 4.74 Å². The quantitative estimate of drug-likeness (QED) is 0.589. The van der Waals surface area contributed by atoms with Crippen LogP contribution in [-0.2, 0) is 13.0 Å². The average Bonchev–Trinajstić information content (AvgIpc) is 2.46. The normalized spacial score (nSPS) is 10.4. The SMILES string of the molecule is CCCc1ccc(OCc2ccc([N+](=O)[O-])c(F)c2)cc1. The van der Waals surface area contributed by atoms with E-state index in [-0.39, 0.29) is 6.61 Å². The highest BCUT2D eigenvalue weighted by Gasteiger charge is 2.13. The number of ether oxygens (including phenoxy) is 1. The maximum Gasteiger partial charge on any atom is 0.304 e. The predicted molar refractivity (Wildman–Crippen MR) is 77.8 cm³/mol. The summed E-state index contributed by atoms with van der Waals surface area (Å²) in [4.78, 5) is 9.79. The molecule has 0 bridgehead atoms. The van der Waals surface area contributed by atoms with Crippen molar-refractivity contribution in [2.45, 2.75) is 26.4 Å². The van der Waals surface area contributed by atoms with E-state index in [9.17, 15) is 14.5 Å². The van der Waals surface area contributed by atoms with Crippen molar-refractivity contribution >= 4 is 5.69 Å². The Balaban J connectivity index is 1.99. The summed E-state index contributed by atoms with van der Waals surface area (Å²) >= 11 is 0. The average molecular weight is 289 g/mol. The third kappa shape index (κ3) is 4.02. The molecule has 0 aliphatic rings. The molecule has 0 aliphatic heterocycles. The van der Waals surface area contributed by atoms with Gasteiger partial charge in [-0.1, -0.05) is 25.5 Å². The Morgan fingerprint density at radius 1 is 1.14 bits per heavy atom. The first kappa shape index (κ1) is 15.0. The van der Waals surface area contributed by atoms with Gasteiger partial charge in [0, 0.05) is 6.07 Å². The van der Waals surface area contributed by atoms with Crippen molar-refractivity contribution in [1.82, 2.24) is 0 Å². The van der Waals surface area contributed by atoms with Crippen LogP contribution in [-0.4, -0.2) is 4.92 Å². The molecule has 0 aliphatic carbocycles. The van der Waals surface area contributed by atoms with Gasteiger partial charge in [-0.15, -0.1) is 0 Å². The molecule has 0 unspecified atom stereocenters. The lowest BCUT2D eigenvalue weighted by Gasteiger charge is -2.07. The maximum absolute atomic E-state index is 13.5. The van der Waals surface area contributed by atoms with E-state index in [1.54, 1.807) is 0 Å². The summed E-state index contributed by atoms with van der Waals surface area (Å²) in [5, 5.41) is 10.5. The summed E-state index contributed by atoms with van der Waals surface area (Å²) in [7, 11) is 0. The molecule has 0 N–H and O–H groups in total. The first-order chi connectivity index (χ1) is 10.1. The van der Waals surface area contributed by atoms with E-state index in [1.807, 2.05) is 24.3 Å². The summed E-state index contributed by atoms with van der Waals surface area (Å²) in [6.45, 7) is 2.29. The van der Waals surface area contributed by atoms with Crippen LogP contribution in [0.1, 0.15) is 24.5 Å². The molecule has 2 aromatic rings. The van der Waals surface area contributed by atoms with E-state index >= 15 is 0 Å². The topological polar surface area (TPSA) is 52.4 Å². The lowest BCUT2D eigenvalue weighted by atomic mass is 10.1. The molecule has 0 aromatic heterocycles. The zero-order valence-corrected chi connectivity index (χ0v) is 11.7. The first-order valence-electron chi connectivity index (χ1n) is 6.74. The maximum atomic E-state index is 13.5. The molecule has 0 saturated heterocycles. The van der Waals surface area contributed by atoms with Crippen molar-refractivity contribution in [2.24, 2.45) is 0 Å². The number of aryl methyl sites for hydroxylation is 1. The zero-order valence-electron chi connectivity index (χ0n) is 11.7. The van der Waals surface area contributed by atoms with Gasteiger partial charge in [0.2, 0.25) is 5.82 Å². The van der Waals surface area contributed by atoms with Crippen molar-refractivity contribution in [1.29, 1.82) is 0 Å². The molecular formula is C16H16FNO3. The van der Waals surface area contributed by atoms with Crippen molar-refractivity contribution < 1.29 is 14.1 Å². The van der Waals surface area contributed by atoms with Crippen molar-refractivity contribution in [3.8, 4) is 5.75 Å². The molecule has 0 saturated carbocycles. The van der Waals surface area contributed by atoms with Crippen LogP contribution in [0.2, 0.25) is 0 Å². The van der Waals surface area contributed by atoms with E-state index in [1.165, 1.54) is 11.6 Å². The fraction of sp³-hybridized carbons (Fsp3) is 0.250. The lowest BCUT2D eigenvalue weighted by Crippen LogP contribution is -1.98. The minimum absolute atomic E-state index is 0.169. The summed E-state index contributed by atoms with van der Waals surface area (Å²) in [5.41, 5.74) is 1.27. The number of nitrogens with zero attached hydrogens (tertiary/aromatic N) is 1. The van der Waals surface area contributed by atoms with Crippen LogP contribution < -0.4 is 4.74 Å². The molecule has 0 amide bonds. The van der Waals surface area contributed by atoms with Gasteiger partial charge in [0.1, 0.15) is 12.4 Å². The summed E-state index contributed by atoms with van der Waals surface area (Å²) < 4.78 is 19.0. The lowest BCUT2D eigenvalue weighted by molar-refractivity contribution is -0.387. The fourth-order valence-corrected chi connectivity index (χ4v) is 2.00. The first-order valence-corrected chi connectivity index (χ1v) is 6.74. The molecule has 0 atom stereocenters. The van der Waals surface area contributed by atoms with Crippen LogP contribution >= 0.6 is 0 Å². The third-order valence-electron chi connectivity index (χ3n) is 3.08. The second-order valence-corrected chi connectivity index (χ2v) is 4.73. The zero-order chi connectivity index (χ0) is 15.2. The molecule has 110 valence electrons. The number of rotatable bonds is 6. The molecule has 0 fully saturated rings. The van der Waals surface area contributed by atoms with E-state index in [0.29, 0.717) is 11.3 Å². The minimum Gasteiger partial charge on any atom is -0.489 e. The number of halogens is 1. The van der Waals surface area contributed by atoms with Crippen LogP contribution in [0.3, 0.4) is 0 Å². The van der Waals surface area contributed by atoms with Gasteiger partial charge in [0.25, 0.3) is 0 Å². The Kier molecular flexibility index (Phi) is 4.87. The van der Waals surface area contributed by atoms with Crippen LogP contribution in [0.4, 0.5) is 10.1 Å². The molecule has 0 heterocycles. The smallest absolute Gasteiger partial charge is 0.304 e. The highest BCUT2D eigenvalue weighted by Crippen LogP contribution is 2.20. The number of hydrogen-bond acceptors (Lipinski definition) is 3. The van der Waals surface area contributed by atoms with Gasteiger partial charge in [-0.25, -0.2) is 0 Å². The third-order valence-corrected chi connectivity index (χ3v) is 3.08. The van der Waals surface area contributed by atoms with Gasteiger partial charge in [-0.3, -0.25) is 10.1 Å². The van der Waals surface area contributed by atoms with Crippen LogP contribution in [0.5, 0.6) is 5.75 Å². The number of nitro groups is 1. The van der Waals surface area contributed by atoms with Crippen LogP contribution in [0, 0.1) is 15.9 Å². The van der Waals surface area contributed by atoms with Gasteiger partial charge < -0.3 is 4.74 Å². The van der Waals surface area contributed by atoms with Crippen LogP contribution in [0.25, 0.3) is 0 Å². The summed E-state index contributed by atoms with van der Waals surface area (Å²) in [6.07, 6.45) is 2.11. The van der Waals surface area contributed by atoms with Gasteiger partial charge in [0.05, 0.1) is 4.92 Å². The molecule has 2 aromatic carbocycles. The van der Waals surface area contributed by atoms with Gasteiger partial charge >= 0.3 is 5.69 Å². The Hall–Kier alpha value is -2.43. The summed E-state index contributed by atoms with van der Waals surface area (Å²) in [6, 6.07) is 11.5. The monoisotopic (exact) mass is 289 g/mol. The molecule has 5 heteroatoms. The molecular weight excluding hydrogens is 273 g/mol. The second-order valence-electron chi connectivity index (χ2n) is 4.73. The predicted octanol–water partition coefficient (Wildman–Crippen LogP) is 4.27. The van der Waals surface area contributed by atoms with Crippen LogP contribution in [0.15, 0.2) is 42.5 Å². The largest absolute Gasteiger partial charge is 0.489 e. The number of nitro benzene ring substituents is 1. The highest BCUT2D eigenvalue weighted by atomic mass is 19.1. The van der Waals surface area contributed by atoms with Gasteiger partial charge in [-0.05, 0) is 41.8 Å². The molecule has 21 heavy (non-hydrogen) atoms. The minimum atomic E-state index is -0.848. The summed E-state index contributed by atoms with van der Waals surface area (Å²) in [5.74, 6) is -0.159. The van der Waals surface area contributed by atoms with Crippen molar-refractivity contribution in [3.05, 3.63) is 69.5 Å². The fourth-order valence-electron chi connectivity index (χ4n) is 2.00. The Labute approximate surface area is 122 Å². The van der Waals surface area contributed by atoms with Gasteiger partial charge in [0.15, 0.2) is 0 Å². The van der Waals surface area contributed by atoms with E-state index in [2.05, 4.69) is 6.92 Å². The molecule has 0 radical (unpaired) electrons. The standard InChI is InChI=1S/C16H16FNO3/c1-2-3-12-4-7-14(8-5-12)21-11-13-6-9-16(18(19)20)15(17)10-13/h4-10H,2-3,11H2,1H3.